The molecule has 86 valence electrons. The van der Waals surface area contributed by atoms with Crippen molar-refractivity contribution in [3.05, 3.63) is 35.9 Å². The van der Waals surface area contributed by atoms with Crippen molar-refractivity contribution in [2.45, 2.75) is 38.5 Å². The van der Waals surface area contributed by atoms with Crippen LogP contribution >= 0.6 is 0 Å². The SMILES string of the molecule is C[C@]1(C(=O)O)CCC[C@@H](c2ccccc2)C1. The molecule has 0 unspecified atom stereocenters. The van der Waals surface area contributed by atoms with Crippen molar-refractivity contribution < 1.29 is 9.90 Å². The summed E-state index contributed by atoms with van der Waals surface area (Å²) in [5.74, 6) is -0.232. The molecule has 0 aliphatic heterocycles. The maximum Gasteiger partial charge on any atom is 0.309 e. The molecule has 0 aromatic heterocycles. The first kappa shape index (κ1) is 11.2. The standard InChI is InChI=1S/C14H18O2/c1-14(13(15)16)9-5-8-12(10-14)11-6-3-2-4-7-11/h2-4,6-7,12H,5,8-10H2,1H3,(H,15,16)/t12-,14+/m1/s1. The van der Waals surface area contributed by atoms with Gasteiger partial charge in [0.1, 0.15) is 0 Å². The predicted octanol–water partition coefficient (Wildman–Crippen LogP) is 3.44. The molecule has 0 amide bonds. The third-order valence-electron chi connectivity index (χ3n) is 3.77. The van der Waals surface area contributed by atoms with Crippen molar-refractivity contribution in [3.8, 4) is 0 Å². The normalized spacial score (nSPS) is 29.9. The first-order valence-corrected chi connectivity index (χ1v) is 5.90. The lowest BCUT2D eigenvalue weighted by Gasteiger charge is -2.35. The average Bonchev–Trinajstić information content (AvgIpc) is 2.30. The van der Waals surface area contributed by atoms with Crippen LogP contribution in [0.2, 0.25) is 0 Å². The molecule has 2 heteroatoms. The Morgan fingerprint density at radius 2 is 2.06 bits per heavy atom. The summed E-state index contributed by atoms with van der Waals surface area (Å²) in [6.45, 7) is 1.88. The number of hydrogen-bond donors (Lipinski definition) is 1. The van der Waals surface area contributed by atoms with Crippen LogP contribution in [-0.2, 0) is 4.79 Å². The van der Waals surface area contributed by atoms with E-state index in [9.17, 15) is 9.90 Å². The Morgan fingerprint density at radius 1 is 1.38 bits per heavy atom. The van der Waals surface area contributed by atoms with Crippen LogP contribution < -0.4 is 0 Å². The zero-order valence-electron chi connectivity index (χ0n) is 9.65. The van der Waals surface area contributed by atoms with Crippen LogP contribution in [0, 0.1) is 5.41 Å². The predicted molar refractivity (Wildman–Crippen MR) is 63.4 cm³/mol. The smallest absolute Gasteiger partial charge is 0.309 e. The molecule has 1 saturated carbocycles. The summed E-state index contributed by atoms with van der Waals surface area (Å²) in [6, 6.07) is 10.3. The molecule has 1 aliphatic carbocycles. The first-order chi connectivity index (χ1) is 7.62. The summed E-state index contributed by atoms with van der Waals surface area (Å²) in [4.78, 5) is 11.3. The molecule has 1 aromatic carbocycles. The van der Waals surface area contributed by atoms with Gasteiger partial charge in [-0.1, -0.05) is 36.8 Å². The van der Waals surface area contributed by atoms with E-state index in [1.165, 1.54) is 5.56 Å². The Labute approximate surface area is 96.3 Å². The van der Waals surface area contributed by atoms with Gasteiger partial charge in [-0.15, -0.1) is 0 Å². The molecule has 1 fully saturated rings. The van der Waals surface area contributed by atoms with Crippen LogP contribution in [0.15, 0.2) is 30.3 Å². The van der Waals surface area contributed by atoms with Gasteiger partial charge in [-0.05, 0) is 37.7 Å². The van der Waals surface area contributed by atoms with Crippen LogP contribution in [0.25, 0.3) is 0 Å². The molecule has 0 radical (unpaired) electrons. The first-order valence-electron chi connectivity index (χ1n) is 5.90. The third-order valence-corrected chi connectivity index (χ3v) is 3.77. The molecule has 2 rings (SSSR count). The number of carboxylic acid groups (broad SMARTS) is 1. The Morgan fingerprint density at radius 3 is 2.69 bits per heavy atom. The summed E-state index contributed by atoms with van der Waals surface area (Å²) in [5, 5.41) is 9.26. The Hall–Kier alpha value is -1.31. The summed E-state index contributed by atoms with van der Waals surface area (Å²) in [5.41, 5.74) is 0.758. The molecular weight excluding hydrogens is 200 g/mol. The van der Waals surface area contributed by atoms with E-state index < -0.39 is 11.4 Å². The molecule has 0 heterocycles. The van der Waals surface area contributed by atoms with Crippen molar-refractivity contribution in [1.29, 1.82) is 0 Å². The molecule has 16 heavy (non-hydrogen) atoms. The minimum absolute atomic E-state index is 0.413. The van der Waals surface area contributed by atoms with Crippen LogP contribution in [0.1, 0.15) is 44.1 Å². The lowest BCUT2D eigenvalue weighted by Crippen LogP contribution is -2.32. The summed E-state index contributed by atoms with van der Waals surface area (Å²) in [6.07, 6.45) is 3.72. The minimum atomic E-state index is -0.645. The zero-order valence-corrected chi connectivity index (χ0v) is 9.65. The van der Waals surface area contributed by atoms with Crippen LogP contribution in [-0.4, -0.2) is 11.1 Å². The van der Waals surface area contributed by atoms with Crippen LogP contribution in [0.3, 0.4) is 0 Å². The number of carbonyl (C=O) groups is 1. The fourth-order valence-corrected chi connectivity index (χ4v) is 2.69. The highest BCUT2D eigenvalue weighted by Gasteiger charge is 2.38. The maximum atomic E-state index is 11.3. The highest BCUT2D eigenvalue weighted by molar-refractivity contribution is 5.74. The van der Waals surface area contributed by atoms with Gasteiger partial charge in [0, 0.05) is 0 Å². The van der Waals surface area contributed by atoms with Crippen molar-refractivity contribution in [3.63, 3.8) is 0 Å². The molecule has 1 N–H and O–H groups in total. The Kier molecular flexibility index (Phi) is 2.99. The molecule has 0 saturated heterocycles. The van der Waals surface area contributed by atoms with Gasteiger partial charge in [-0.2, -0.15) is 0 Å². The lowest BCUT2D eigenvalue weighted by molar-refractivity contribution is -0.150. The number of aliphatic carboxylic acids is 1. The fraction of sp³-hybridized carbons (Fsp3) is 0.500. The van der Waals surface area contributed by atoms with Crippen molar-refractivity contribution in [2.75, 3.05) is 0 Å². The highest BCUT2D eigenvalue weighted by atomic mass is 16.4. The quantitative estimate of drug-likeness (QED) is 0.825. The molecule has 2 nitrogen and oxygen atoms in total. The van der Waals surface area contributed by atoms with Gasteiger partial charge >= 0.3 is 5.97 Å². The Bertz CT molecular complexity index is 372. The molecule has 0 bridgehead atoms. The number of hydrogen-bond acceptors (Lipinski definition) is 1. The molecule has 2 atom stereocenters. The van der Waals surface area contributed by atoms with Crippen LogP contribution in [0.5, 0.6) is 0 Å². The fourth-order valence-electron chi connectivity index (χ4n) is 2.69. The van der Waals surface area contributed by atoms with Gasteiger partial charge in [-0.25, -0.2) is 0 Å². The lowest BCUT2D eigenvalue weighted by atomic mass is 9.69. The van der Waals surface area contributed by atoms with E-state index in [1.54, 1.807) is 0 Å². The highest BCUT2D eigenvalue weighted by Crippen LogP contribution is 2.43. The van der Waals surface area contributed by atoms with Crippen molar-refractivity contribution >= 4 is 5.97 Å². The van der Waals surface area contributed by atoms with Gasteiger partial charge in [0.15, 0.2) is 0 Å². The summed E-state index contributed by atoms with van der Waals surface area (Å²) >= 11 is 0. The maximum absolute atomic E-state index is 11.3. The summed E-state index contributed by atoms with van der Waals surface area (Å²) in [7, 11) is 0. The average molecular weight is 218 g/mol. The third kappa shape index (κ3) is 2.11. The van der Waals surface area contributed by atoms with E-state index in [0.717, 1.165) is 25.7 Å². The number of carboxylic acids is 1. The largest absolute Gasteiger partial charge is 0.481 e. The van der Waals surface area contributed by atoms with Crippen molar-refractivity contribution in [2.24, 2.45) is 5.41 Å². The van der Waals surface area contributed by atoms with Crippen LogP contribution in [0.4, 0.5) is 0 Å². The zero-order chi connectivity index (χ0) is 11.6. The number of benzene rings is 1. The second-order valence-electron chi connectivity index (χ2n) is 5.07. The molecule has 0 spiro atoms. The minimum Gasteiger partial charge on any atom is -0.481 e. The molecule has 1 aliphatic rings. The van der Waals surface area contributed by atoms with Gasteiger partial charge in [-0.3, -0.25) is 4.79 Å². The van der Waals surface area contributed by atoms with E-state index >= 15 is 0 Å². The van der Waals surface area contributed by atoms with Gasteiger partial charge in [0.25, 0.3) is 0 Å². The summed E-state index contributed by atoms with van der Waals surface area (Å²) < 4.78 is 0. The van der Waals surface area contributed by atoms with Crippen molar-refractivity contribution in [1.82, 2.24) is 0 Å². The van der Waals surface area contributed by atoms with Gasteiger partial charge in [0.05, 0.1) is 5.41 Å². The van der Waals surface area contributed by atoms with E-state index in [4.69, 9.17) is 0 Å². The second kappa shape index (κ2) is 4.28. The topological polar surface area (TPSA) is 37.3 Å². The van der Waals surface area contributed by atoms with E-state index in [0.29, 0.717) is 5.92 Å². The molecule has 1 aromatic rings. The van der Waals surface area contributed by atoms with E-state index in [2.05, 4.69) is 12.1 Å². The molecular formula is C14H18O2. The van der Waals surface area contributed by atoms with E-state index in [1.807, 2.05) is 25.1 Å². The monoisotopic (exact) mass is 218 g/mol. The van der Waals surface area contributed by atoms with Gasteiger partial charge < -0.3 is 5.11 Å². The Balaban J connectivity index is 2.17. The second-order valence-corrected chi connectivity index (χ2v) is 5.07. The van der Waals surface area contributed by atoms with E-state index in [-0.39, 0.29) is 0 Å². The van der Waals surface area contributed by atoms with Gasteiger partial charge in [0.2, 0.25) is 0 Å². The number of rotatable bonds is 2.